The second-order valence-corrected chi connectivity index (χ2v) is 7.64. The van der Waals surface area contributed by atoms with Gasteiger partial charge in [0.25, 0.3) is 0 Å². The molecule has 0 saturated carbocycles. The zero-order chi connectivity index (χ0) is 17.0. The summed E-state index contributed by atoms with van der Waals surface area (Å²) in [6.45, 7) is 2.10. The van der Waals surface area contributed by atoms with Gasteiger partial charge in [-0.25, -0.2) is 13.1 Å². The van der Waals surface area contributed by atoms with Crippen molar-refractivity contribution >= 4 is 15.8 Å². The van der Waals surface area contributed by atoms with Crippen LogP contribution in [0.5, 0.6) is 0 Å². The van der Waals surface area contributed by atoms with Gasteiger partial charge in [-0.1, -0.05) is 42.5 Å². The summed E-state index contributed by atoms with van der Waals surface area (Å²) in [5.74, 6) is -0.00382. The van der Waals surface area contributed by atoms with Gasteiger partial charge in [-0.3, -0.25) is 4.79 Å². The first-order chi connectivity index (χ1) is 11.6. The highest BCUT2D eigenvalue weighted by molar-refractivity contribution is 7.89. The van der Waals surface area contributed by atoms with Crippen molar-refractivity contribution in [1.82, 2.24) is 10.0 Å². The summed E-state index contributed by atoms with van der Waals surface area (Å²) in [6.07, 6.45) is 0.952. The average molecular weight is 344 g/mol. The number of sulfonamides is 1. The van der Waals surface area contributed by atoms with Gasteiger partial charge in [-0.15, -0.1) is 0 Å². The lowest BCUT2D eigenvalue weighted by atomic mass is 10.0. The summed E-state index contributed by atoms with van der Waals surface area (Å²) in [5.41, 5.74) is 0.667. The van der Waals surface area contributed by atoms with Crippen LogP contribution in [-0.4, -0.2) is 33.8 Å². The molecule has 1 fully saturated rings. The summed E-state index contributed by atoms with van der Waals surface area (Å²) < 4.78 is 28.0. The Morgan fingerprint density at radius 2 is 1.79 bits per heavy atom. The van der Waals surface area contributed by atoms with Crippen LogP contribution >= 0.6 is 0 Å². The second-order valence-electron chi connectivity index (χ2n) is 5.90. The molecule has 5 nitrogen and oxygen atoms in total. The topological polar surface area (TPSA) is 75.3 Å². The lowest BCUT2D eigenvalue weighted by Gasteiger charge is -2.13. The monoisotopic (exact) mass is 344 g/mol. The van der Waals surface area contributed by atoms with Gasteiger partial charge in [0.1, 0.15) is 0 Å². The molecule has 1 aliphatic heterocycles. The van der Waals surface area contributed by atoms with Crippen molar-refractivity contribution in [3.63, 3.8) is 0 Å². The Labute approximate surface area is 142 Å². The molecule has 1 unspecified atom stereocenters. The summed E-state index contributed by atoms with van der Waals surface area (Å²) in [5, 5.41) is 3.21. The highest BCUT2D eigenvalue weighted by Gasteiger charge is 2.24. The van der Waals surface area contributed by atoms with Crippen molar-refractivity contribution in [3.05, 3.63) is 65.7 Å². The lowest BCUT2D eigenvalue weighted by molar-refractivity contribution is 0.103. The Balaban J connectivity index is 1.86. The standard InChI is InChI=1S/C18H20N2O3S/c21-18(15-6-2-1-3-7-15)16-8-4-5-9-17(16)24(22,23)20-13-14-10-11-19-12-14/h1-9,14,19-20H,10-13H2. The number of nitrogens with one attached hydrogen (secondary N) is 2. The first kappa shape index (κ1) is 16.8. The number of hydrogen-bond donors (Lipinski definition) is 2. The van der Waals surface area contributed by atoms with Crippen molar-refractivity contribution in [3.8, 4) is 0 Å². The zero-order valence-electron chi connectivity index (χ0n) is 13.2. The SMILES string of the molecule is O=C(c1ccccc1)c1ccccc1S(=O)(=O)NCC1CCNC1. The zero-order valence-corrected chi connectivity index (χ0v) is 14.1. The number of carbonyl (C=O) groups is 1. The largest absolute Gasteiger partial charge is 0.316 e. The molecule has 126 valence electrons. The molecule has 0 radical (unpaired) electrons. The van der Waals surface area contributed by atoms with E-state index in [-0.39, 0.29) is 22.2 Å². The molecule has 0 bridgehead atoms. The van der Waals surface area contributed by atoms with Crippen LogP contribution in [0, 0.1) is 5.92 Å². The van der Waals surface area contributed by atoms with E-state index in [1.54, 1.807) is 42.5 Å². The lowest BCUT2D eigenvalue weighted by Crippen LogP contribution is -2.31. The van der Waals surface area contributed by atoms with E-state index in [9.17, 15) is 13.2 Å². The van der Waals surface area contributed by atoms with Gasteiger partial charge < -0.3 is 5.32 Å². The molecule has 1 atom stereocenters. The Morgan fingerprint density at radius 3 is 2.50 bits per heavy atom. The Hall–Kier alpha value is -2.02. The maximum Gasteiger partial charge on any atom is 0.241 e. The minimum atomic E-state index is -3.73. The van der Waals surface area contributed by atoms with Crippen LogP contribution in [-0.2, 0) is 10.0 Å². The van der Waals surface area contributed by atoms with Crippen LogP contribution in [0.4, 0.5) is 0 Å². The van der Waals surface area contributed by atoms with Crippen molar-refractivity contribution in [1.29, 1.82) is 0 Å². The maximum atomic E-state index is 12.7. The van der Waals surface area contributed by atoms with E-state index < -0.39 is 10.0 Å². The van der Waals surface area contributed by atoms with Gasteiger partial charge >= 0.3 is 0 Å². The van der Waals surface area contributed by atoms with Gasteiger partial charge in [0.15, 0.2) is 5.78 Å². The Bertz CT molecular complexity index is 813. The average Bonchev–Trinajstić information content (AvgIpc) is 3.14. The number of hydrogen-bond acceptors (Lipinski definition) is 4. The van der Waals surface area contributed by atoms with Crippen molar-refractivity contribution in [2.24, 2.45) is 5.92 Å². The predicted molar refractivity (Wildman–Crippen MR) is 92.5 cm³/mol. The molecule has 0 amide bonds. The molecule has 2 N–H and O–H groups in total. The maximum absolute atomic E-state index is 12.7. The molecular formula is C18H20N2O3S. The first-order valence-corrected chi connectivity index (χ1v) is 9.45. The minimum Gasteiger partial charge on any atom is -0.316 e. The molecule has 1 heterocycles. The van der Waals surface area contributed by atoms with Crippen molar-refractivity contribution < 1.29 is 13.2 Å². The van der Waals surface area contributed by atoms with Gasteiger partial charge in [-0.05, 0) is 37.6 Å². The number of ketones is 1. The molecule has 6 heteroatoms. The van der Waals surface area contributed by atoms with Gasteiger partial charge in [0.2, 0.25) is 10.0 Å². The number of benzene rings is 2. The Morgan fingerprint density at radius 1 is 1.08 bits per heavy atom. The molecular weight excluding hydrogens is 324 g/mol. The quantitative estimate of drug-likeness (QED) is 0.784. The van der Waals surface area contributed by atoms with E-state index in [0.29, 0.717) is 12.1 Å². The highest BCUT2D eigenvalue weighted by atomic mass is 32.2. The first-order valence-electron chi connectivity index (χ1n) is 7.97. The molecule has 0 spiro atoms. The molecule has 1 saturated heterocycles. The van der Waals surface area contributed by atoms with Gasteiger partial charge in [0, 0.05) is 17.7 Å². The fourth-order valence-corrected chi connectivity index (χ4v) is 4.15. The van der Waals surface area contributed by atoms with E-state index in [4.69, 9.17) is 0 Å². The van der Waals surface area contributed by atoms with Crippen LogP contribution in [0.3, 0.4) is 0 Å². The van der Waals surface area contributed by atoms with Crippen LogP contribution in [0.15, 0.2) is 59.5 Å². The molecule has 2 aromatic carbocycles. The molecule has 0 aliphatic carbocycles. The van der Waals surface area contributed by atoms with E-state index in [1.165, 1.54) is 6.07 Å². The summed E-state index contributed by atoms with van der Waals surface area (Å²) >= 11 is 0. The third-order valence-corrected chi connectivity index (χ3v) is 5.66. The van der Waals surface area contributed by atoms with Crippen molar-refractivity contribution in [2.45, 2.75) is 11.3 Å². The van der Waals surface area contributed by atoms with Gasteiger partial charge in [-0.2, -0.15) is 0 Å². The molecule has 24 heavy (non-hydrogen) atoms. The second kappa shape index (κ2) is 7.25. The number of rotatable bonds is 6. The van der Waals surface area contributed by atoms with Crippen LogP contribution in [0.1, 0.15) is 22.3 Å². The molecule has 2 aromatic rings. The van der Waals surface area contributed by atoms with Crippen LogP contribution in [0.25, 0.3) is 0 Å². The fraction of sp³-hybridized carbons (Fsp3) is 0.278. The van der Waals surface area contributed by atoms with Crippen LogP contribution < -0.4 is 10.0 Å². The smallest absolute Gasteiger partial charge is 0.241 e. The Kier molecular flexibility index (Phi) is 5.08. The predicted octanol–water partition coefficient (Wildman–Crippen LogP) is 1.81. The molecule has 1 aliphatic rings. The third kappa shape index (κ3) is 3.72. The summed E-state index contributed by atoms with van der Waals surface area (Å²) in [6, 6.07) is 15.0. The van der Waals surface area contributed by atoms with Gasteiger partial charge in [0.05, 0.1) is 4.90 Å². The summed E-state index contributed by atoms with van der Waals surface area (Å²) in [4.78, 5) is 12.7. The number of carbonyl (C=O) groups excluding carboxylic acids is 1. The summed E-state index contributed by atoms with van der Waals surface area (Å²) in [7, 11) is -3.73. The highest BCUT2D eigenvalue weighted by Crippen LogP contribution is 2.19. The molecule has 0 aromatic heterocycles. The van der Waals surface area contributed by atoms with Crippen molar-refractivity contribution in [2.75, 3.05) is 19.6 Å². The van der Waals surface area contributed by atoms with E-state index in [0.717, 1.165) is 19.5 Å². The normalized spacial score (nSPS) is 17.8. The fourth-order valence-electron chi connectivity index (χ4n) is 2.83. The van der Waals surface area contributed by atoms with Crippen LogP contribution in [0.2, 0.25) is 0 Å². The molecule has 3 rings (SSSR count). The van der Waals surface area contributed by atoms with E-state index in [1.807, 2.05) is 6.07 Å². The minimum absolute atomic E-state index is 0.0322. The third-order valence-electron chi connectivity index (χ3n) is 4.18. The van der Waals surface area contributed by atoms with E-state index >= 15 is 0 Å². The van der Waals surface area contributed by atoms with E-state index in [2.05, 4.69) is 10.0 Å².